The summed E-state index contributed by atoms with van der Waals surface area (Å²) in [5.74, 6) is 0.127. The van der Waals surface area contributed by atoms with Crippen molar-refractivity contribution in [3.05, 3.63) is 47.4 Å². The molecule has 1 aromatic carbocycles. The molecule has 2 aromatic rings. The van der Waals surface area contributed by atoms with Gasteiger partial charge < -0.3 is 9.30 Å². The normalized spacial score (nSPS) is 12.2. The number of aryl methyl sites for hydroxylation is 2. The molecule has 0 amide bonds. The molecule has 0 spiro atoms. The van der Waals surface area contributed by atoms with Crippen LogP contribution in [0.3, 0.4) is 0 Å². The third-order valence-electron chi connectivity index (χ3n) is 4.20. The van der Waals surface area contributed by atoms with Crippen molar-refractivity contribution in [1.82, 2.24) is 14.3 Å². The summed E-state index contributed by atoms with van der Waals surface area (Å²) >= 11 is 0. The molecule has 0 bridgehead atoms. The van der Waals surface area contributed by atoms with Crippen LogP contribution < -0.4 is 4.72 Å². The summed E-state index contributed by atoms with van der Waals surface area (Å²) in [6.45, 7) is 8.24. The predicted molar refractivity (Wildman–Crippen MR) is 103 cm³/mol. The number of rotatable bonds is 7. The second kappa shape index (κ2) is 8.22. The van der Waals surface area contributed by atoms with E-state index in [1.807, 2.05) is 24.3 Å². The quantitative estimate of drug-likeness (QED) is 0.730. The first-order chi connectivity index (χ1) is 12.5. The highest BCUT2D eigenvalue weighted by molar-refractivity contribution is 7.89. The number of carbonyl (C=O) groups excluding carboxylic acids is 1. The molecule has 1 aromatic heterocycles. The molecule has 0 aliphatic heterocycles. The van der Waals surface area contributed by atoms with Gasteiger partial charge in [0.25, 0.3) is 10.0 Å². The van der Waals surface area contributed by atoms with Gasteiger partial charge in [-0.15, -0.1) is 0 Å². The minimum Gasteiger partial charge on any atom is -0.461 e. The van der Waals surface area contributed by atoms with Crippen molar-refractivity contribution in [2.24, 2.45) is 7.05 Å². The lowest BCUT2D eigenvalue weighted by molar-refractivity contribution is -0.144. The highest BCUT2D eigenvalue weighted by Gasteiger charge is 2.18. The van der Waals surface area contributed by atoms with Crippen LogP contribution in [0, 0.1) is 6.92 Å². The summed E-state index contributed by atoms with van der Waals surface area (Å²) in [7, 11) is -2.02. The van der Waals surface area contributed by atoms with Crippen molar-refractivity contribution < 1.29 is 17.9 Å². The molecule has 8 heteroatoms. The summed E-state index contributed by atoms with van der Waals surface area (Å²) in [6.07, 6.45) is 1.38. The molecule has 0 saturated carbocycles. The highest BCUT2D eigenvalue weighted by atomic mass is 32.2. The molecule has 2 rings (SSSR count). The number of nitrogens with one attached hydrogen (secondary N) is 1. The van der Waals surface area contributed by atoms with Crippen molar-refractivity contribution in [2.75, 3.05) is 6.54 Å². The number of imidazole rings is 1. The van der Waals surface area contributed by atoms with Crippen LogP contribution in [0.4, 0.5) is 0 Å². The van der Waals surface area contributed by atoms with Gasteiger partial charge >= 0.3 is 5.97 Å². The number of benzene rings is 1. The van der Waals surface area contributed by atoms with Crippen LogP contribution in [-0.4, -0.2) is 30.5 Å². The number of esters is 1. The van der Waals surface area contributed by atoms with Crippen LogP contribution in [-0.2, 0) is 38.6 Å². The smallest absolute Gasteiger partial charge is 0.307 e. The Kier molecular flexibility index (Phi) is 6.43. The van der Waals surface area contributed by atoms with Gasteiger partial charge in [0, 0.05) is 19.8 Å². The minimum absolute atomic E-state index is 0.0419. The van der Waals surface area contributed by atoms with E-state index in [9.17, 15) is 13.2 Å². The van der Waals surface area contributed by atoms with E-state index in [0.29, 0.717) is 5.82 Å². The lowest BCUT2D eigenvalue weighted by atomic mass is 9.87. The standard InChI is InChI=1S/C19H27N3O4S/c1-14-21-17(12-22(14)5)27(24,25)20-11-10-18(23)26-13-15-6-8-16(9-7-15)19(2,3)4/h6-9,12,20H,10-11,13H2,1-5H3. The lowest BCUT2D eigenvalue weighted by Crippen LogP contribution is -2.27. The average molecular weight is 394 g/mol. The maximum atomic E-state index is 12.1. The largest absolute Gasteiger partial charge is 0.461 e. The van der Waals surface area contributed by atoms with Gasteiger partial charge in [-0.1, -0.05) is 45.0 Å². The maximum Gasteiger partial charge on any atom is 0.307 e. The molecule has 148 valence electrons. The summed E-state index contributed by atoms with van der Waals surface area (Å²) in [4.78, 5) is 15.8. The third kappa shape index (κ3) is 5.90. The molecule has 0 aliphatic rings. The van der Waals surface area contributed by atoms with E-state index >= 15 is 0 Å². The number of hydrogen-bond acceptors (Lipinski definition) is 5. The molecule has 1 heterocycles. The van der Waals surface area contributed by atoms with Crippen LogP contribution in [0.2, 0.25) is 0 Å². The Morgan fingerprint density at radius 1 is 1.22 bits per heavy atom. The van der Waals surface area contributed by atoms with Crippen LogP contribution in [0.5, 0.6) is 0 Å². The molecule has 27 heavy (non-hydrogen) atoms. The zero-order chi connectivity index (χ0) is 20.2. The van der Waals surface area contributed by atoms with Crippen LogP contribution in [0.1, 0.15) is 44.1 Å². The Bertz CT molecular complexity index is 875. The SMILES string of the molecule is Cc1nc(S(=O)(=O)NCCC(=O)OCc2ccc(C(C)(C)C)cc2)cn1C. The van der Waals surface area contributed by atoms with E-state index in [1.54, 1.807) is 18.5 Å². The third-order valence-corrected chi connectivity index (χ3v) is 5.53. The fourth-order valence-electron chi connectivity index (χ4n) is 2.35. The first-order valence-electron chi connectivity index (χ1n) is 8.74. The van der Waals surface area contributed by atoms with Crippen molar-refractivity contribution >= 4 is 16.0 Å². The molecular weight excluding hydrogens is 366 g/mol. The number of sulfonamides is 1. The van der Waals surface area contributed by atoms with Gasteiger partial charge in [0.1, 0.15) is 12.4 Å². The minimum atomic E-state index is -3.73. The number of ether oxygens (including phenoxy) is 1. The summed E-state index contributed by atoms with van der Waals surface area (Å²) in [5.41, 5.74) is 2.16. The zero-order valence-corrected chi connectivity index (χ0v) is 17.3. The number of aromatic nitrogens is 2. The Labute approximate surface area is 160 Å². The molecule has 0 aliphatic carbocycles. The van der Waals surface area contributed by atoms with E-state index < -0.39 is 16.0 Å². The molecule has 0 fully saturated rings. The maximum absolute atomic E-state index is 12.1. The monoisotopic (exact) mass is 393 g/mol. The Morgan fingerprint density at radius 2 is 1.85 bits per heavy atom. The fourth-order valence-corrected chi connectivity index (χ4v) is 3.42. The molecule has 0 saturated heterocycles. The molecule has 0 unspecified atom stereocenters. The van der Waals surface area contributed by atoms with Gasteiger partial charge in [0.2, 0.25) is 0 Å². The lowest BCUT2D eigenvalue weighted by Gasteiger charge is -2.19. The molecule has 0 radical (unpaired) electrons. The number of nitrogens with zero attached hydrogens (tertiary/aromatic N) is 2. The van der Waals surface area contributed by atoms with Gasteiger partial charge in [0.05, 0.1) is 6.42 Å². The second-order valence-corrected chi connectivity index (χ2v) is 9.21. The van der Waals surface area contributed by atoms with Crippen LogP contribution in [0.25, 0.3) is 0 Å². The predicted octanol–water partition coefficient (Wildman–Crippen LogP) is 2.44. The van der Waals surface area contributed by atoms with E-state index in [1.165, 1.54) is 11.8 Å². The first kappa shape index (κ1) is 21.1. The topological polar surface area (TPSA) is 90.3 Å². The highest BCUT2D eigenvalue weighted by Crippen LogP contribution is 2.22. The Morgan fingerprint density at radius 3 is 2.37 bits per heavy atom. The van der Waals surface area contributed by atoms with Gasteiger partial charge in [-0.3, -0.25) is 4.79 Å². The van der Waals surface area contributed by atoms with E-state index in [2.05, 4.69) is 30.5 Å². The van der Waals surface area contributed by atoms with Gasteiger partial charge in [0.15, 0.2) is 5.03 Å². The Balaban J connectivity index is 1.79. The zero-order valence-electron chi connectivity index (χ0n) is 16.4. The van der Waals surface area contributed by atoms with Crippen molar-refractivity contribution in [3.63, 3.8) is 0 Å². The van der Waals surface area contributed by atoms with Crippen molar-refractivity contribution in [2.45, 2.75) is 51.2 Å². The van der Waals surface area contributed by atoms with Crippen molar-refractivity contribution in [3.8, 4) is 0 Å². The van der Waals surface area contributed by atoms with Gasteiger partial charge in [-0.25, -0.2) is 18.1 Å². The summed E-state index contributed by atoms with van der Waals surface area (Å²) < 4.78 is 33.5. The Hall–Kier alpha value is -2.19. The van der Waals surface area contributed by atoms with E-state index in [0.717, 1.165) is 5.56 Å². The van der Waals surface area contributed by atoms with Gasteiger partial charge in [-0.2, -0.15) is 0 Å². The van der Waals surface area contributed by atoms with Crippen LogP contribution in [0.15, 0.2) is 35.5 Å². The molecule has 0 atom stereocenters. The van der Waals surface area contributed by atoms with E-state index in [4.69, 9.17) is 4.74 Å². The fraction of sp³-hybridized carbons (Fsp3) is 0.474. The average Bonchev–Trinajstić information content (AvgIpc) is 2.92. The molecule has 7 nitrogen and oxygen atoms in total. The molecular formula is C19H27N3O4S. The first-order valence-corrected chi connectivity index (χ1v) is 10.2. The van der Waals surface area contributed by atoms with Gasteiger partial charge in [-0.05, 0) is 23.5 Å². The second-order valence-electron chi connectivity index (χ2n) is 7.49. The van der Waals surface area contributed by atoms with Crippen LogP contribution >= 0.6 is 0 Å². The summed E-state index contributed by atoms with van der Waals surface area (Å²) in [5, 5.41) is -0.0604. The number of carbonyl (C=O) groups is 1. The molecule has 1 N–H and O–H groups in total. The van der Waals surface area contributed by atoms with E-state index in [-0.39, 0.29) is 30.0 Å². The summed E-state index contributed by atoms with van der Waals surface area (Å²) in [6, 6.07) is 7.90. The number of hydrogen-bond donors (Lipinski definition) is 1. The van der Waals surface area contributed by atoms with Crippen molar-refractivity contribution in [1.29, 1.82) is 0 Å².